The highest BCUT2D eigenvalue weighted by molar-refractivity contribution is 6.06. The van der Waals surface area contributed by atoms with Crippen molar-refractivity contribution in [2.24, 2.45) is 7.05 Å². The summed E-state index contributed by atoms with van der Waals surface area (Å²) in [7, 11) is 2.89. The van der Waals surface area contributed by atoms with Crippen LogP contribution in [0.2, 0.25) is 0 Å². The fourth-order valence-electron chi connectivity index (χ4n) is 2.13. The first-order valence-electron chi connectivity index (χ1n) is 6.98. The number of aryl methyl sites for hydroxylation is 1. The molecule has 0 spiro atoms. The summed E-state index contributed by atoms with van der Waals surface area (Å²) in [6, 6.07) is 5.06. The molecular weight excluding hydrogens is 312 g/mol. The number of pyridine rings is 1. The Bertz CT molecular complexity index is 885. The highest BCUT2D eigenvalue weighted by Gasteiger charge is 2.19. The van der Waals surface area contributed by atoms with Crippen molar-refractivity contribution >= 4 is 17.6 Å². The zero-order valence-corrected chi connectivity index (χ0v) is 13.0. The van der Waals surface area contributed by atoms with E-state index < -0.39 is 11.9 Å². The van der Waals surface area contributed by atoms with Crippen molar-refractivity contribution in [2.45, 2.75) is 0 Å². The van der Waals surface area contributed by atoms with Gasteiger partial charge in [0.05, 0.1) is 24.7 Å². The van der Waals surface area contributed by atoms with Crippen LogP contribution in [-0.2, 0) is 11.8 Å². The minimum absolute atomic E-state index is 0.0272. The van der Waals surface area contributed by atoms with Crippen LogP contribution in [0.1, 0.15) is 21.0 Å². The van der Waals surface area contributed by atoms with Gasteiger partial charge < -0.3 is 10.1 Å². The molecule has 0 aliphatic heterocycles. The average Bonchev–Trinajstić information content (AvgIpc) is 3.24. The molecule has 0 saturated carbocycles. The van der Waals surface area contributed by atoms with Gasteiger partial charge >= 0.3 is 5.97 Å². The molecule has 24 heavy (non-hydrogen) atoms. The van der Waals surface area contributed by atoms with E-state index in [2.05, 4.69) is 30.3 Å². The number of aromatic nitrogens is 5. The van der Waals surface area contributed by atoms with Crippen molar-refractivity contribution in [2.75, 3.05) is 12.4 Å². The van der Waals surface area contributed by atoms with Crippen LogP contribution in [0.15, 0.2) is 36.8 Å². The van der Waals surface area contributed by atoms with Crippen molar-refractivity contribution in [3.63, 3.8) is 0 Å². The van der Waals surface area contributed by atoms with Gasteiger partial charge in [-0.3, -0.25) is 14.6 Å². The molecule has 1 amide bonds. The lowest BCUT2D eigenvalue weighted by Gasteiger charge is -2.05. The van der Waals surface area contributed by atoms with E-state index in [4.69, 9.17) is 0 Å². The molecular formula is C15H14N6O3. The van der Waals surface area contributed by atoms with Crippen LogP contribution in [0.3, 0.4) is 0 Å². The fourth-order valence-corrected chi connectivity index (χ4v) is 2.13. The molecule has 3 aromatic heterocycles. The van der Waals surface area contributed by atoms with Crippen molar-refractivity contribution in [3.8, 4) is 11.3 Å². The van der Waals surface area contributed by atoms with Crippen molar-refractivity contribution in [3.05, 3.63) is 48.2 Å². The number of hydrogen-bond donors (Lipinski definition) is 2. The third-order valence-corrected chi connectivity index (χ3v) is 3.23. The van der Waals surface area contributed by atoms with Gasteiger partial charge in [0.15, 0.2) is 5.69 Å². The number of amides is 1. The number of hydrogen-bond acceptors (Lipinski definition) is 6. The number of H-pyrrole nitrogens is 1. The molecule has 3 heterocycles. The van der Waals surface area contributed by atoms with Gasteiger partial charge in [0, 0.05) is 25.0 Å². The first-order chi connectivity index (χ1) is 11.6. The molecule has 0 aromatic carbocycles. The second-order valence-corrected chi connectivity index (χ2v) is 4.91. The van der Waals surface area contributed by atoms with Gasteiger partial charge in [-0.25, -0.2) is 9.78 Å². The van der Waals surface area contributed by atoms with Crippen LogP contribution in [0.4, 0.5) is 5.69 Å². The smallest absolute Gasteiger partial charge is 0.360 e. The Balaban J connectivity index is 1.86. The summed E-state index contributed by atoms with van der Waals surface area (Å²) < 4.78 is 6.07. The number of aromatic amines is 1. The number of esters is 1. The maximum Gasteiger partial charge on any atom is 0.360 e. The quantitative estimate of drug-likeness (QED) is 0.697. The van der Waals surface area contributed by atoms with E-state index in [0.29, 0.717) is 5.69 Å². The zero-order chi connectivity index (χ0) is 17.1. The van der Waals surface area contributed by atoms with Crippen molar-refractivity contribution in [1.29, 1.82) is 0 Å². The molecule has 0 bridgehead atoms. The summed E-state index contributed by atoms with van der Waals surface area (Å²) in [5.41, 5.74) is 1.86. The van der Waals surface area contributed by atoms with Gasteiger partial charge in [0.25, 0.3) is 5.91 Å². The predicted octanol–water partition coefficient (Wildman–Crippen LogP) is 1.24. The number of carbonyl (C=O) groups is 2. The van der Waals surface area contributed by atoms with E-state index in [1.54, 1.807) is 37.6 Å². The molecule has 0 saturated heterocycles. The number of carbonyl (C=O) groups excluding carboxylic acids is 2. The molecule has 0 atom stereocenters. The Morgan fingerprint density at radius 1 is 1.33 bits per heavy atom. The molecule has 3 aromatic rings. The average molecular weight is 326 g/mol. The van der Waals surface area contributed by atoms with E-state index in [0.717, 1.165) is 5.56 Å². The first-order valence-corrected chi connectivity index (χ1v) is 6.98. The molecule has 0 aliphatic carbocycles. The van der Waals surface area contributed by atoms with E-state index >= 15 is 0 Å². The predicted molar refractivity (Wildman–Crippen MR) is 84.3 cm³/mol. The molecule has 9 heteroatoms. The SMILES string of the molecule is COC(=O)c1nn(C)cc1NC(=O)c1cccc(-c2cn[nH]c2)n1. The molecule has 0 aliphatic rings. The lowest BCUT2D eigenvalue weighted by Crippen LogP contribution is -2.16. The summed E-state index contributed by atoms with van der Waals surface area (Å²) in [4.78, 5) is 28.4. The Morgan fingerprint density at radius 3 is 2.88 bits per heavy atom. The maximum absolute atomic E-state index is 12.4. The Hall–Kier alpha value is -3.49. The number of nitrogens with zero attached hydrogens (tertiary/aromatic N) is 4. The van der Waals surface area contributed by atoms with E-state index in [1.807, 2.05) is 0 Å². The third kappa shape index (κ3) is 3.00. The molecule has 0 fully saturated rings. The summed E-state index contributed by atoms with van der Waals surface area (Å²) in [5, 5.41) is 13.2. The zero-order valence-electron chi connectivity index (χ0n) is 13.0. The topological polar surface area (TPSA) is 115 Å². The number of methoxy groups -OCH3 is 1. The van der Waals surface area contributed by atoms with Gasteiger partial charge in [0.1, 0.15) is 5.69 Å². The highest BCUT2D eigenvalue weighted by Crippen LogP contribution is 2.18. The molecule has 2 N–H and O–H groups in total. The minimum atomic E-state index is -0.633. The highest BCUT2D eigenvalue weighted by atomic mass is 16.5. The van der Waals surface area contributed by atoms with Crippen molar-refractivity contribution < 1.29 is 14.3 Å². The van der Waals surface area contributed by atoms with Gasteiger partial charge in [-0.1, -0.05) is 6.07 Å². The third-order valence-electron chi connectivity index (χ3n) is 3.23. The number of ether oxygens (including phenoxy) is 1. The van der Waals surface area contributed by atoms with E-state index in [-0.39, 0.29) is 17.1 Å². The molecule has 0 unspecified atom stereocenters. The molecule has 0 radical (unpaired) electrons. The van der Waals surface area contributed by atoms with Crippen LogP contribution in [-0.4, -0.2) is 43.9 Å². The fraction of sp³-hybridized carbons (Fsp3) is 0.133. The largest absolute Gasteiger partial charge is 0.464 e. The lowest BCUT2D eigenvalue weighted by atomic mass is 10.2. The molecule has 3 rings (SSSR count). The van der Waals surface area contributed by atoms with Crippen LogP contribution < -0.4 is 5.32 Å². The van der Waals surface area contributed by atoms with E-state index in [1.165, 1.54) is 18.0 Å². The Morgan fingerprint density at radius 2 is 2.17 bits per heavy atom. The second kappa shape index (κ2) is 6.32. The van der Waals surface area contributed by atoms with Crippen LogP contribution in [0.25, 0.3) is 11.3 Å². The number of rotatable bonds is 4. The normalized spacial score (nSPS) is 10.4. The molecule has 122 valence electrons. The standard InChI is InChI=1S/C15H14N6O3/c1-21-8-12(13(20-21)15(23)24-2)19-14(22)11-5-3-4-10(18-11)9-6-16-17-7-9/h3-8H,1-2H3,(H,16,17)(H,19,22). The lowest BCUT2D eigenvalue weighted by molar-refractivity contribution is 0.0594. The van der Waals surface area contributed by atoms with Crippen LogP contribution >= 0.6 is 0 Å². The summed E-state index contributed by atoms with van der Waals surface area (Å²) >= 11 is 0. The Kier molecular flexibility index (Phi) is 4.06. The van der Waals surface area contributed by atoms with Gasteiger partial charge in [-0.05, 0) is 12.1 Å². The van der Waals surface area contributed by atoms with Gasteiger partial charge in [-0.15, -0.1) is 0 Å². The summed E-state index contributed by atoms with van der Waals surface area (Å²) in [6.07, 6.45) is 4.81. The van der Waals surface area contributed by atoms with Crippen molar-refractivity contribution in [1.82, 2.24) is 25.0 Å². The number of nitrogens with one attached hydrogen (secondary N) is 2. The Labute approximate surface area is 136 Å². The van der Waals surface area contributed by atoms with Gasteiger partial charge in [-0.2, -0.15) is 10.2 Å². The molecule has 9 nitrogen and oxygen atoms in total. The summed E-state index contributed by atoms with van der Waals surface area (Å²) in [6.45, 7) is 0. The summed E-state index contributed by atoms with van der Waals surface area (Å²) in [5.74, 6) is -1.09. The van der Waals surface area contributed by atoms with E-state index in [9.17, 15) is 9.59 Å². The second-order valence-electron chi connectivity index (χ2n) is 4.91. The maximum atomic E-state index is 12.4. The van der Waals surface area contributed by atoms with Crippen LogP contribution in [0.5, 0.6) is 0 Å². The first kappa shape index (κ1) is 15.4. The van der Waals surface area contributed by atoms with Gasteiger partial charge in [0.2, 0.25) is 0 Å². The monoisotopic (exact) mass is 326 g/mol. The van der Waals surface area contributed by atoms with Crippen LogP contribution in [0, 0.1) is 0 Å². The number of anilines is 1. The minimum Gasteiger partial charge on any atom is -0.464 e.